The fourth-order valence-corrected chi connectivity index (χ4v) is 5.03. The predicted octanol–water partition coefficient (Wildman–Crippen LogP) is 4.93. The van der Waals surface area contributed by atoms with Crippen LogP contribution in [0.25, 0.3) is 16.0 Å². The van der Waals surface area contributed by atoms with Crippen LogP contribution in [0.2, 0.25) is 5.02 Å². The number of nitrogens with zero attached hydrogens (tertiary/aromatic N) is 2. The van der Waals surface area contributed by atoms with Gasteiger partial charge in [-0.15, -0.1) is 11.3 Å². The van der Waals surface area contributed by atoms with Gasteiger partial charge in [0.1, 0.15) is 23.2 Å². The van der Waals surface area contributed by atoms with Crippen LogP contribution in [0.4, 0.5) is 0 Å². The van der Waals surface area contributed by atoms with Gasteiger partial charge in [0.05, 0.1) is 16.8 Å². The normalized spacial score (nSPS) is 12.9. The SMILES string of the molecule is CNS(=O)(=O)Cc1ccc2ncn(-c3cc(O[C@H](C)c4ccccc4Cl)cs3)c2c1. The Morgan fingerprint density at radius 1 is 1.23 bits per heavy atom. The first-order valence-corrected chi connectivity index (χ1v) is 12.1. The number of fused-ring (bicyclic) bond motifs is 1. The number of hydrogen-bond donors (Lipinski definition) is 1. The molecule has 0 aliphatic heterocycles. The molecule has 6 nitrogen and oxygen atoms in total. The molecule has 1 N–H and O–H groups in total. The van der Waals surface area contributed by atoms with Crippen LogP contribution >= 0.6 is 22.9 Å². The molecule has 30 heavy (non-hydrogen) atoms. The van der Waals surface area contributed by atoms with E-state index in [1.807, 2.05) is 59.3 Å². The van der Waals surface area contributed by atoms with Gasteiger partial charge in [-0.05, 0) is 37.7 Å². The molecule has 0 radical (unpaired) electrons. The van der Waals surface area contributed by atoms with Crippen molar-refractivity contribution in [3.8, 4) is 10.8 Å². The average Bonchev–Trinajstić information content (AvgIpc) is 3.34. The Morgan fingerprint density at radius 3 is 2.80 bits per heavy atom. The molecule has 0 fully saturated rings. The number of sulfonamides is 1. The van der Waals surface area contributed by atoms with Gasteiger partial charge >= 0.3 is 0 Å². The molecule has 0 spiro atoms. The van der Waals surface area contributed by atoms with E-state index in [1.165, 1.54) is 18.4 Å². The third-order valence-corrected chi connectivity index (χ3v) is 7.32. The molecule has 9 heteroatoms. The summed E-state index contributed by atoms with van der Waals surface area (Å²) in [4.78, 5) is 4.43. The molecular formula is C21H20ClN3O3S2. The molecule has 0 amide bonds. The van der Waals surface area contributed by atoms with Gasteiger partial charge in [0.25, 0.3) is 0 Å². The number of aromatic nitrogens is 2. The quantitative estimate of drug-likeness (QED) is 0.423. The van der Waals surface area contributed by atoms with Gasteiger partial charge in [-0.2, -0.15) is 0 Å². The van der Waals surface area contributed by atoms with Crippen LogP contribution in [0.1, 0.15) is 24.2 Å². The number of hydrogen-bond acceptors (Lipinski definition) is 5. The second-order valence-corrected chi connectivity index (χ2v) is 10.0. The lowest BCUT2D eigenvalue weighted by molar-refractivity contribution is 0.228. The fourth-order valence-electron chi connectivity index (χ4n) is 3.18. The summed E-state index contributed by atoms with van der Waals surface area (Å²) in [6.07, 6.45) is 1.53. The Hall–Kier alpha value is -2.39. The second kappa shape index (κ2) is 8.39. The molecule has 1 atom stereocenters. The van der Waals surface area contributed by atoms with E-state index in [9.17, 15) is 8.42 Å². The Bertz CT molecular complexity index is 1300. The predicted molar refractivity (Wildman–Crippen MR) is 121 cm³/mol. The zero-order valence-corrected chi connectivity index (χ0v) is 18.8. The number of nitrogens with one attached hydrogen (secondary N) is 1. The van der Waals surface area contributed by atoms with E-state index in [1.54, 1.807) is 12.4 Å². The van der Waals surface area contributed by atoms with Gasteiger partial charge in [0.2, 0.25) is 10.0 Å². The molecule has 2 aromatic heterocycles. The Balaban J connectivity index is 1.60. The lowest BCUT2D eigenvalue weighted by Gasteiger charge is -2.15. The van der Waals surface area contributed by atoms with Crippen molar-refractivity contribution in [1.29, 1.82) is 0 Å². The van der Waals surface area contributed by atoms with E-state index >= 15 is 0 Å². The minimum Gasteiger partial charge on any atom is -0.485 e. The molecule has 4 aromatic rings. The molecule has 0 saturated heterocycles. The summed E-state index contributed by atoms with van der Waals surface area (Å²) >= 11 is 7.79. The van der Waals surface area contributed by atoms with Gasteiger partial charge in [0, 0.05) is 22.0 Å². The number of ether oxygens (including phenoxy) is 1. The standard InChI is InChI=1S/C21H20ClN3O3S2/c1-14(17-5-3-4-6-18(17)22)28-16-10-21(29-11-16)25-13-24-19-8-7-15(9-20(19)25)12-30(26,27)23-2/h3-11,13-14,23H,12H2,1-2H3/t14-/m1/s1. The van der Waals surface area contributed by atoms with Crippen LogP contribution < -0.4 is 9.46 Å². The lowest BCUT2D eigenvalue weighted by atomic mass is 10.1. The van der Waals surface area contributed by atoms with Crippen LogP contribution in [0.15, 0.2) is 60.2 Å². The van der Waals surface area contributed by atoms with Crippen molar-refractivity contribution in [2.45, 2.75) is 18.8 Å². The minimum atomic E-state index is -3.35. The summed E-state index contributed by atoms with van der Waals surface area (Å²) in [5.41, 5.74) is 3.25. The summed E-state index contributed by atoms with van der Waals surface area (Å²) in [7, 11) is -1.94. The number of benzene rings is 2. The first-order chi connectivity index (χ1) is 14.4. The zero-order valence-electron chi connectivity index (χ0n) is 16.4. The molecule has 0 unspecified atom stereocenters. The van der Waals surface area contributed by atoms with Crippen molar-refractivity contribution in [3.63, 3.8) is 0 Å². The van der Waals surface area contributed by atoms with E-state index in [-0.39, 0.29) is 11.9 Å². The number of rotatable bonds is 7. The maximum Gasteiger partial charge on any atom is 0.215 e. The molecule has 4 rings (SSSR count). The van der Waals surface area contributed by atoms with Crippen LogP contribution in [-0.4, -0.2) is 25.0 Å². The summed E-state index contributed by atoms with van der Waals surface area (Å²) in [6, 6.07) is 15.0. The van der Waals surface area contributed by atoms with E-state index in [4.69, 9.17) is 16.3 Å². The summed E-state index contributed by atoms with van der Waals surface area (Å²) in [6.45, 7) is 1.96. The topological polar surface area (TPSA) is 73.2 Å². The highest BCUT2D eigenvalue weighted by atomic mass is 35.5. The first kappa shape index (κ1) is 20.9. The smallest absolute Gasteiger partial charge is 0.215 e. The van der Waals surface area contributed by atoms with Gasteiger partial charge in [-0.1, -0.05) is 35.9 Å². The van der Waals surface area contributed by atoms with Gasteiger partial charge in [-0.3, -0.25) is 4.57 Å². The van der Waals surface area contributed by atoms with Gasteiger partial charge in [0.15, 0.2) is 0 Å². The summed E-state index contributed by atoms with van der Waals surface area (Å²) in [5, 5.41) is 3.53. The number of halogens is 1. The maximum absolute atomic E-state index is 11.9. The molecule has 0 bridgehead atoms. The van der Waals surface area contributed by atoms with Crippen LogP contribution in [0, 0.1) is 0 Å². The lowest BCUT2D eigenvalue weighted by Crippen LogP contribution is -2.20. The molecule has 2 heterocycles. The van der Waals surface area contributed by atoms with E-state index in [0.29, 0.717) is 10.6 Å². The third-order valence-electron chi connectivity index (χ3n) is 4.73. The molecule has 0 aliphatic carbocycles. The highest BCUT2D eigenvalue weighted by Crippen LogP contribution is 2.32. The monoisotopic (exact) mass is 461 g/mol. The average molecular weight is 462 g/mol. The highest BCUT2D eigenvalue weighted by Gasteiger charge is 2.15. The van der Waals surface area contributed by atoms with Crippen molar-refractivity contribution in [1.82, 2.24) is 14.3 Å². The molecule has 2 aromatic carbocycles. The Morgan fingerprint density at radius 2 is 2.03 bits per heavy atom. The molecule has 0 aliphatic rings. The van der Waals surface area contributed by atoms with E-state index in [2.05, 4.69) is 9.71 Å². The highest BCUT2D eigenvalue weighted by molar-refractivity contribution is 7.88. The maximum atomic E-state index is 11.9. The first-order valence-electron chi connectivity index (χ1n) is 9.23. The zero-order chi connectivity index (χ0) is 21.3. The largest absolute Gasteiger partial charge is 0.485 e. The van der Waals surface area contributed by atoms with Crippen molar-refractivity contribution < 1.29 is 13.2 Å². The molecule has 0 saturated carbocycles. The second-order valence-electron chi connectivity index (χ2n) is 6.80. The van der Waals surface area contributed by atoms with E-state index in [0.717, 1.165) is 27.3 Å². The van der Waals surface area contributed by atoms with Crippen molar-refractivity contribution in [2.75, 3.05) is 7.05 Å². The summed E-state index contributed by atoms with van der Waals surface area (Å²) < 4.78 is 34.1. The molecule has 156 valence electrons. The van der Waals surface area contributed by atoms with Crippen LogP contribution in [0.5, 0.6) is 5.75 Å². The Kier molecular flexibility index (Phi) is 5.84. The van der Waals surface area contributed by atoms with Gasteiger partial charge in [-0.25, -0.2) is 18.1 Å². The Labute approximate surface area is 184 Å². The minimum absolute atomic E-state index is 0.0846. The molecular weight excluding hydrogens is 442 g/mol. The number of imidazole rings is 1. The van der Waals surface area contributed by atoms with Crippen LogP contribution in [0.3, 0.4) is 0 Å². The van der Waals surface area contributed by atoms with E-state index < -0.39 is 10.0 Å². The summed E-state index contributed by atoms with van der Waals surface area (Å²) in [5.74, 6) is 0.650. The third kappa shape index (κ3) is 4.37. The number of thiophene rings is 1. The van der Waals surface area contributed by atoms with Crippen molar-refractivity contribution >= 4 is 44.0 Å². The van der Waals surface area contributed by atoms with Crippen molar-refractivity contribution in [2.24, 2.45) is 0 Å². The van der Waals surface area contributed by atoms with Crippen LogP contribution in [-0.2, 0) is 15.8 Å². The fraction of sp³-hybridized carbons (Fsp3) is 0.190. The van der Waals surface area contributed by atoms with Gasteiger partial charge < -0.3 is 4.74 Å². The van der Waals surface area contributed by atoms with Crippen molar-refractivity contribution in [3.05, 3.63) is 76.4 Å².